The fraction of sp³-hybridized carbons (Fsp3) is 0.538. The molecule has 0 aliphatic rings. The van der Waals surface area contributed by atoms with E-state index in [2.05, 4.69) is 0 Å². The molecule has 1 aromatic rings. The highest BCUT2D eigenvalue weighted by Crippen LogP contribution is 2.23. The van der Waals surface area contributed by atoms with Crippen molar-refractivity contribution in [1.82, 2.24) is 0 Å². The Morgan fingerprint density at radius 3 is 2.56 bits per heavy atom. The number of benzene rings is 1. The molecule has 0 aliphatic heterocycles. The summed E-state index contributed by atoms with van der Waals surface area (Å²) in [5.74, 6) is -0.250. The van der Waals surface area contributed by atoms with Crippen molar-refractivity contribution in [2.24, 2.45) is 0 Å². The molecule has 0 bridgehead atoms. The summed E-state index contributed by atoms with van der Waals surface area (Å²) in [5.41, 5.74) is 1.25. The summed E-state index contributed by atoms with van der Waals surface area (Å²) in [5, 5.41) is 10.1. The Hall–Kier alpha value is -0.930. The number of hydrogen-bond acceptors (Lipinski definition) is 2. The number of rotatable bonds is 5. The molecule has 0 heterocycles. The average molecular weight is 226 g/mol. The monoisotopic (exact) mass is 226 g/mol. The molecular formula is C13H19FO2. The van der Waals surface area contributed by atoms with E-state index in [-0.39, 0.29) is 11.9 Å². The van der Waals surface area contributed by atoms with Gasteiger partial charge in [0.25, 0.3) is 0 Å². The third-order valence-electron chi connectivity index (χ3n) is 2.66. The van der Waals surface area contributed by atoms with Gasteiger partial charge in [0.05, 0.1) is 6.10 Å². The number of halogens is 1. The van der Waals surface area contributed by atoms with Gasteiger partial charge in [0.1, 0.15) is 11.9 Å². The van der Waals surface area contributed by atoms with Gasteiger partial charge in [-0.3, -0.25) is 0 Å². The third kappa shape index (κ3) is 3.03. The van der Waals surface area contributed by atoms with Crippen molar-refractivity contribution in [3.63, 3.8) is 0 Å². The Bertz CT molecular complexity index is 339. The molecule has 0 spiro atoms. The maximum absolute atomic E-state index is 13.1. The van der Waals surface area contributed by atoms with Crippen LogP contribution in [0.25, 0.3) is 0 Å². The van der Waals surface area contributed by atoms with E-state index in [1.165, 1.54) is 6.07 Å². The molecule has 0 aromatic heterocycles. The maximum Gasteiger partial charge on any atom is 0.126 e. The van der Waals surface area contributed by atoms with E-state index >= 15 is 0 Å². The molecule has 0 radical (unpaired) electrons. The Labute approximate surface area is 96.1 Å². The van der Waals surface area contributed by atoms with Crippen LogP contribution in [0.15, 0.2) is 18.2 Å². The topological polar surface area (TPSA) is 29.5 Å². The second-order valence-corrected chi connectivity index (χ2v) is 3.86. The van der Waals surface area contributed by atoms with Crippen molar-refractivity contribution in [2.75, 3.05) is 6.61 Å². The van der Waals surface area contributed by atoms with Crippen molar-refractivity contribution >= 4 is 0 Å². The fourth-order valence-corrected chi connectivity index (χ4v) is 1.71. The minimum Gasteiger partial charge on any atom is -0.386 e. The second kappa shape index (κ2) is 5.97. The van der Waals surface area contributed by atoms with Crippen molar-refractivity contribution in [3.05, 3.63) is 35.1 Å². The van der Waals surface area contributed by atoms with Gasteiger partial charge in [-0.1, -0.05) is 19.1 Å². The molecular weight excluding hydrogens is 207 g/mol. The zero-order valence-corrected chi connectivity index (χ0v) is 10.0. The van der Waals surface area contributed by atoms with Gasteiger partial charge < -0.3 is 9.84 Å². The zero-order valence-electron chi connectivity index (χ0n) is 10.0. The summed E-state index contributed by atoms with van der Waals surface area (Å²) in [7, 11) is 0. The van der Waals surface area contributed by atoms with Gasteiger partial charge in [-0.05, 0) is 37.5 Å². The molecule has 2 unspecified atom stereocenters. The first-order valence-corrected chi connectivity index (χ1v) is 5.65. The summed E-state index contributed by atoms with van der Waals surface area (Å²) in [6.07, 6.45) is -0.190. The molecule has 2 atom stereocenters. The third-order valence-corrected chi connectivity index (χ3v) is 2.66. The summed E-state index contributed by atoms with van der Waals surface area (Å²) in [6, 6.07) is 4.66. The van der Waals surface area contributed by atoms with Crippen LogP contribution >= 0.6 is 0 Å². The van der Waals surface area contributed by atoms with Crippen molar-refractivity contribution in [3.8, 4) is 0 Å². The lowest BCUT2D eigenvalue weighted by molar-refractivity contribution is -0.0356. The SMILES string of the molecule is CCOC(CC)C(O)c1ccc(F)c(C)c1. The molecule has 1 aromatic carbocycles. The molecule has 1 rings (SSSR count). The van der Waals surface area contributed by atoms with Gasteiger partial charge in [0.15, 0.2) is 0 Å². The van der Waals surface area contributed by atoms with E-state index in [0.717, 1.165) is 6.42 Å². The van der Waals surface area contributed by atoms with Crippen molar-refractivity contribution < 1.29 is 14.2 Å². The van der Waals surface area contributed by atoms with Crippen molar-refractivity contribution in [1.29, 1.82) is 0 Å². The normalized spacial score (nSPS) is 14.8. The van der Waals surface area contributed by atoms with Gasteiger partial charge >= 0.3 is 0 Å². The fourth-order valence-electron chi connectivity index (χ4n) is 1.71. The Morgan fingerprint density at radius 2 is 2.06 bits per heavy atom. The van der Waals surface area contributed by atoms with Gasteiger partial charge in [-0.15, -0.1) is 0 Å². The molecule has 2 nitrogen and oxygen atoms in total. The number of aliphatic hydroxyl groups excluding tert-OH is 1. The van der Waals surface area contributed by atoms with Crippen LogP contribution < -0.4 is 0 Å². The van der Waals surface area contributed by atoms with Crippen LogP contribution in [-0.4, -0.2) is 17.8 Å². The summed E-state index contributed by atoms with van der Waals surface area (Å²) < 4.78 is 18.5. The lowest BCUT2D eigenvalue weighted by atomic mass is 10.0. The van der Waals surface area contributed by atoms with E-state index in [0.29, 0.717) is 17.7 Å². The van der Waals surface area contributed by atoms with Crippen LogP contribution in [0.3, 0.4) is 0 Å². The van der Waals surface area contributed by atoms with Gasteiger partial charge in [0.2, 0.25) is 0 Å². The van der Waals surface area contributed by atoms with Crippen LogP contribution in [0.1, 0.15) is 37.5 Å². The van der Waals surface area contributed by atoms with E-state index in [4.69, 9.17) is 4.74 Å². The minimum absolute atomic E-state index is 0.227. The van der Waals surface area contributed by atoms with Gasteiger partial charge in [0, 0.05) is 6.61 Å². The zero-order chi connectivity index (χ0) is 12.1. The van der Waals surface area contributed by atoms with E-state index < -0.39 is 6.10 Å². The number of aryl methyl sites for hydroxylation is 1. The lowest BCUT2D eigenvalue weighted by Gasteiger charge is -2.22. The quantitative estimate of drug-likeness (QED) is 0.836. The smallest absolute Gasteiger partial charge is 0.126 e. The van der Waals surface area contributed by atoms with Crippen LogP contribution in [-0.2, 0) is 4.74 Å². The Kier molecular flexibility index (Phi) is 4.90. The predicted octanol–water partition coefficient (Wildman–Crippen LogP) is 2.98. The highest BCUT2D eigenvalue weighted by Gasteiger charge is 2.19. The van der Waals surface area contributed by atoms with Gasteiger partial charge in [-0.2, -0.15) is 0 Å². The van der Waals surface area contributed by atoms with E-state index in [1.807, 2.05) is 13.8 Å². The second-order valence-electron chi connectivity index (χ2n) is 3.86. The molecule has 0 fully saturated rings. The van der Waals surface area contributed by atoms with E-state index in [9.17, 15) is 9.50 Å². The largest absolute Gasteiger partial charge is 0.386 e. The summed E-state index contributed by atoms with van der Waals surface area (Å²) in [4.78, 5) is 0. The van der Waals surface area contributed by atoms with Crippen molar-refractivity contribution in [2.45, 2.75) is 39.4 Å². The molecule has 16 heavy (non-hydrogen) atoms. The number of ether oxygens (including phenoxy) is 1. The highest BCUT2D eigenvalue weighted by molar-refractivity contribution is 5.26. The molecule has 0 amide bonds. The molecule has 90 valence electrons. The van der Waals surface area contributed by atoms with Crippen LogP contribution in [0.5, 0.6) is 0 Å². The maximum atomic E-state index is 13.1. The standard InChI is InChI=1S/C13H19FO2/c1-4-12(16-5-2)13(15)10-6-7-11(14)9(3)8-10/h6-8,12-13,15H,4-5H2,1-3H3. The predicted molar refractivity (Wildman–Crippen MR) is 61.8 cm³/mol. The first-order chi connectivity index (χ1) is 7.60. The summed E-state index contributed by atoms with van der Waals surface area (Å²) in [6.45, 7) is 6.11. The Morgan fingerprint density at radius 1 is 1.38 bits per heavy atom. The van der Waals surface area contributed by atoms with Crippen LogP contribution in [0, 0.1) is 12.7 Å². The molecule has 0 saturated carbocycles. The number of hydrogen-bond donors (Lipinski definition) is 1. The minimum atomic E-state index is -0.691. The molecule has 0 aliphatic carbocycles. The lowest BCUT2D eigenvalue weighted by Crippen LogP contribution is -2.21. The Balaban J connectivity index is 2.85. The molecule has 3 heteroatoms. The first kappa shape index (κ1) is 13.1. The highest BCUT2D eigenvalue weighted by atomic mass is 19.1. The average Bonchev–Trinajstić information content (AvgIpc) is 2.28. The summed E-state index contributed by atoms with van der Waals surface area (Å²) >= 11 is 0. The van der Waals surface area contributed by atoms with Crippen LogP contribution in [0.2, 0.25) is 0 Å². The van der Waals surface area contributed by atoms with E-state index in [1.54, 1.807) is 19.1 Å². The van der Waals surface area contributed by atoms with Crippen LogP contribution in [0.4, 0.5) is 4.39 Å². The number of aliphatic hydroxyl groups is 1. The van der Waals surface area contributed by atoms with Gasteiger partial charge in [-0.25, -0.2) is 4.39 Å². The first-order valence-electron chi connectivity index (χ1n) is 5.65. The molecule has 0 saturated heterocycles. The molecule has 1 N–H and O–H groups in total.